The second-order valence-corrected chi connectivity index (χ2v) is 4.02. The molecule has 0 rings (SSSR count). The Morgan fingerprint density at radius 3 is 2.46 bits per heavy atom. The van der Waals surface area contributed by atoms with Crippen LogP contribution in [0.3, 0.4) is 0 Å². The van der Waals surface area contributed by atoms with Crippen LogP contribution in [0.5, 0.6) is 0 Å². The Morgan fingerprint density at radius 2 is 2.00 bits per heavy atom. The zero-order valence-corrected chi connectivity index (χ0v) is 8.89. The molecule has 0 saturated carbocycles. The van der Waals surface area contributed by atoms with Crippen molar-refractivity contribution in [2.75, 3.05) is 6.54 Å². The first-order chi connectivity index (χ1) is 5.98. The zero-order valence-electron chi connectivity index (χ0n) is 8.89. The molecule has 0 radical (unpaired) electrons. The van der Waals surface area contributed by atoms with Crippen molar-refractivity contribution in [1.29, 1.82) is 0 Å². The molecule has 0 heterocycles. The lowest BCUT2D eigenvalue weighted by atomic mass is 10.0. The predicted molar refractivity (Wildman–Crippen MR) is 53.9 cm³/mol. The molecule has 13 heavy (non-hydrogen) atoms. The van der Waals surface area contributed by atoms with Crippen LogP contribution in [-0.4, -0.2) is 23.2 Å². The van der Waals surface area contributed by atoms with E-state index in [2.05, 4.69) is 26.1 Å². The van der Waals surface area contributed by atoms with Crippen LogP contribution >= 0.6 is 0 Å². The quantitative estimate of drug-likeness (QED) is 0.599. The lowest BCUT2D eigenvalue weighted by molar-refractivity contribution is -0.137. The first-order valence-electron chi connectivity index (χ1n) is 4.95. The molecule has 3 heteroatoms. The van der Waals surface area contributed by atoms with E-state index in [1.165, 1.54) is 0 Å². The third kappa shape index (κ3) is 7.78. The highest BCUT2D eigenvalue weighted by Gasteiger charge is 2.12. The van der Waals surface area contributed by atoms with E-state index in [1.807, 2.05) is 0 Å². The highest BCUT2D eigenvalue weighted by molar-refractivity contribution is 5.66. The average molecular weight is 187 g/mol. The van der Waals surface area contributed by atoms with Gasteiger partial charge < -0.3 is 10.4 Å². The van der Waals surface area contributed by atoms with Crippen LogP contribution in [0.1, 0.15) is 46.5 Å². The molecule has 0 atom stereocenters. The van der Waals surface area contributed by atoms with Crippen LogP contribution in [0.15, 0.2) is 0 Å². The van der Waals surface area contributed by atoms with Crippen molar-refractivity contribution in [3.05, 3.63) is 0 Å². The van der Waals surface area contributed by atoms with Gasteiger partial charge in [-0.05, 0) is 39.7 Å². The lowest BCUT2D eigenvalue weighted by Crippen LogP contribution is -2.38. The maximum absolute atomic E-state index is 10.2. The molecule has 0 amide bonds. The Hall–Kier alpha value is -0.570. The maximum atomic E-state index is 10.2. The first kappa shape index (κ1) is 12.4. The minimum absolute atomic E-state index is 0.184. The summed E-state index contributed by atoms with van der Waals surface area (Å²) >= 11 is 0. The fourth-order valence-electron chi connectivity index (χ4n) is 0.953. The Labute approximate surface area is 80.5 Å². The molecular weight excluding hydrogens is 166 g/mol. The highest BCUT2D eigenvalue weighted by atomic mass is 16.4. The summed E-state index contributed by atoms with van der Waals surface area (Å²) in [5.41, 5.74) is 0.184. The first-order valence-corrected chi connectivity index (χ1v) is 4.95. The van der Waals surface area contributed by atoms with Gasteiger partial charge in [-0.15, -0.1) is 0 Å². The predicted octanol–water partition coefficient (Wildman–Crippen LogP) is 2.02. The van der Waals surface area contributed by atoms with E-state index >= 15 is 0 Å². The molecule has 3 nitrogen and oxygen atoms in total. The third-order valence-electron chi connectivity index (χ3n) is 2.30. The number of carboxylic acids is 1. The molecule has 0 aliphatic heterocycles. The van der Waals surface area contributed by atoms with Gasteiger partial charge in [-0.1, -0.05) is 6.92 Å². The van der Waals surface area contributed by atoms with Crippen LogP contribution < -0.4 is 5.32 Å². The Kier molecular flexibility index (Phi) is 5.71. The van der Waals surface area contributed by atoms with Gasteiger partial charge in [0.15, 0.2) is 0 Å². The van der Waals surface area contributed by atoms with E-state index in [0.29, 0.717) is 0 Å². The van der Waals surface area contributed by atoms with E-state index in [-0.39, 0.29) is 12.0 Å². The summed E-state index contributed by atoms with van der Waals surface area (Å²) in [6.45, 7) is 7.37. The van der Waals surface area contributed by atoms with Crippen molar-refractivity contribution in [2.24, 2.45) is 0 Å². The van der Waals surface area contributed by atoms with Gasteiger partial charge in [0.05, 0.1) is 0 Å². The standard InChI is InChI=1S/C10H21NO2/c1-4-10(2,3)11-8-6-5-7-9(12)13/h11H,4-8H2,1-3H3,(H,12,13). The monoisotopic (exact) mass is 187 g/mol. The van der Waals surface area contributed by atoms with Crippen LogP contribution in [0.4, 0.5) is 0 Å². The molecule has 0 aliphatic rings. The number of rotatable bonds is 7. The fraction of sp³-hybridized carbons (Fsp3) is 0.900. The van der Waals surface area contributed by atoms with Gasteiger partial charge in [0.1, 0.15) is 0 Å². The van der Waals surface area contributed by atoms with Crippen molar-refractivity contribution in [3.63, 3.8) is 0 Å². The minimum atomic E-state index is -0.699. The van der Waals surface area contributed by atoms with Crippen molar-refractivity contribution in [2.45, 2.75) is 52.0 Å². The van der Waals surface area contributed by atoms with Crippen molar-refractivity contribution in [1.82, 2.24) is 5.32 Å². The minimum Gasteiger partial charge on any atom is -0.481 e. The van der Waals surface area contributed by atoms with E-state index in [4.69, 9.17) is 5.11 Å². The van der Waals surface area contributed by atoms with Gasteiger partial charge in [-0.25, -0.2) is 0 Å². The van der Waals surface area contributed by atoms with E-state index in [0.717, 1.165) is 25.8 Å². The molecule has 2 N–H and O–H groups in total. The van der Waals surface area contributed by atoms with Crippen molar-refractivity contribution < 1.29 is 9.90 Å². The molecule has 0 aromatic heterocycles. The Morgan fingerprint density at radius 1 is 1.38 bits per heavy atom. The summed E-state index contributed by atoms with van der Waals surface area (Å²) < 4.78 is 0. The second-order valence-electron chi connectivity index (χ2n) is 4.02. The number of hydrogen-bond donors (Lipinski definition) is 2. The summed E-state index contributed by atoms with van der Waals surface area (Å²) in [5, 5.41) is 11.8. The number of aliphatic carboxylic acids is 1. The van der Waals surface area contributed by atoms with Crippen molar-refractivity contribution >= 4 is 5.97 Å². The molecule has 0 aromatic rings. The van der Waals surface area contributed by atoms with Gasteiger partial charge in [0.2, 0.25) is 0 Å². The smallest absolute Gasteiger partial charge is 0.303 e. The number of carbonyl (C=O) groups is 1. The molecule has 0 aromatic carbocycles. The van der Waals surface area contributed by atoms with Gasteiger partial charge in [-0.2, -0.15) is 0 Å². The van der Waals surface area contributed by atoms with E-state index < -0.39 is 5.97 Å². The van der Waals surface area contributed by atoms with Crippen molar-refractivity contribution in [3.8, 4) is 0 Å². The summed E-state index contributed by atoms with van der Waals surface area (Å²) in [6.07, 6.45) is 3.08. The molecule has 78 valence electrons. The SMILES string of the molecule is CCC(C)(C)NCCCCC(=O)O. The molecule has 0 spiro atoms. The normalized spacial score (nSPS) is 11.6. The van der Waals surface area contributed by atoms with E-state index in [1.54, 1.807) is 0 Å². The average Bonchev–Trinajstić information content (AvgIpc) is 2.03. The molecule has 0 bridgehead atoms. The topological polar surface area (TPSA) is 49.3 Å². The van der Waals surface area contributed by atoms with Gasteiger partial charge in [0, 0.05) is 12.0 Å². The van der Waals surface area contributed by atoms with E-state index in [9.17, 15) is 4.79 Å². The van der Waals surface area contributed by atoms with Crippen LogP contribution in [0.2, 0.25) is 0 Å². The highest BCUT2D eigenvalue weighted by Crippen LogP contribution is 2.06. The van der Waals surface area contributed by atoms with Gasteiger partial charge in [-0.3, -0.25) is 4.79 Å². The fourth-order valence-corrected chi connectivity index (χ4v) is 0.953. The molecule has 0 aliphatic carbocycles. The maximum Gasteiger partial charge on any atom is 0.303 e. The number of unbranched alkanes of at least 4 members (excludes halogenated alkanes) is 1. The summed E-state index contributed by atoms with van der Waals surface area (Å²) in [5.74, 6) is -0.699. The van der Waals surface area contributed by atoms with Crippen LogP contribution in [0.25, 0.3) is 0 Å². The lowest BCUT2D eigenvalue weighted by Gasteiger charge is -2.24. The largest absolute Gasteiger partial charge is 0.481 e. The molecule has 0 unspecified atom stereocenters. The summed E-state index contributed by atoms with van der Waals surface area (Å²) in [7, 11) is 0. The summed E-state index contributed by atoms with van der Waals surface area (Å²) in [6, 6.07) is 0. The van der Waals surface area contributed by atoms with Gasteiger partial charge in [0.25, 0.3) is 0 Å². The van der Waals surface area contributed by atoms with Crippen LogP contribution in [0, 0.1) is 0 Å². The Bertz CT molecular complexity index is 155. The van der Waals surface area contributed by atoms with Crippen LogP contribution in [-0.2, 0) is 4.79 Å². The zero-order chi connectivity index (χ0) is 10.3. The Balaban J connectivity index is 3.30. The van der Waals surface area contributed by atoms with Gasteiger partial charge >= 0.3 is 5.97 Å². The molecule has 0 fully saturated rings. The molecular formula is C10H21NO2. The number of carboxylic acid groups (broad SMARTS) is 1. The third-order valence-corrected chi connectivity index (χ3v) is 2.30. The second kappa shape index (κ2) is 5.97. The number of nitrogens with one attached hydrogen (secondary N) is 1. The number of hydrogen-bond acceptors (Lipinski definition) is 2. The summed E-state index contributed by atoms with van der Waals surface area (Å²) in [4.78, 5) is 10.2. The molecule has 0 saturated heterocycles.